The van der Waals surface area contributed by atoms with Gasteiger partial charge in [-0.05, 0) is 44.0 Å². The number of nitriles is 1. The van der Waals surface area contributed by atoms with Gasteiger partial charge in [0.25, 0.3) is 5.91 Å². The fourth-order valence-electron chi connectivity index (χ4n) is 3.95. The third-order valence-corrected chi connectivity index (χ3v) is 6.12. The summed E-state index contributed by atoms with van der Waals surface area (Å²) in [6.45, 7) is 3.63. The van der Waals surface area contributed by atoms with Crippen LogP contribution < -0.4 is 10.1 Å². The van der Waals surface area contributed by atoms with Gasteiger partial charge in [-0.1, -0.05) is 12.1 Å². The first-order valence-corrected chi connectivity index (χ1v) is 11.3. The van der Waals surface area contributed by atoms with Crippen molar-refractivity contribution in [2.45, 2.75) is 38.0 Å². The Labute approximate surface area is 233 Å². The Kier molecular flexibility index (Phi) is 7.36. The Morgan fingerprint density at radius 3 is 2.92 bits per heavy atom. The van der Waals surface area contributed by atoms with Gasteiger partial charge in [0.15, 0.2) is 0 Å². The molecule has 7 nitrogen and oxygen atoms in total. The molecule has 2 aliphatic rings. The van der Waals surface area contributed by atoms with Gasteiger partial charge in [0, 0.05) is 29.5 Å². The molecule has 0 spiro atoms. The molecule has 1 aliphatic heterocycles. The van der Waals surface area contributed by atoms with Crippen molar-refractivity contribution in [1.29, 1.82) is 5.26 Å². The molecule has 0 unspecified atom stereocenters. The Morgan fingerprint density at radius 2 is 2.11 bits per heavy atom. The number of aliphatic imine (C=N–C) groups is 1. The molecule has 8 heteroatoms. The molecule has 0 bridgehead atoms. The maximum Gasteiger partial charge on any atom is 2.00 e. The van der Waals surface area contributed by atoms with E-state index in [1.807, 2.05) is 38.5 Å². The Hall–Kier alpha value is -3.39. The summed E-state index contributed by atoms with van der Waals surface area (Å²) in [5.74, 6) is 1.31. The molecule has 176 valence electrons. The number of aromatic nitrogens is 1. The van der Waals surface area contributed by atoms with Crippen molar-refractivity contribution in [3.8, 4) is 17.6 Å². The Balaban J connectivity index is 0.00000304. The smallest absolute Gasteiger partial charge is 0.482 e. The molecule has 36 heavy (non-hydrogen) atoms. The predicted octanol–water partition coefficient (Wildman–Crippen LogP) is 4.94. The summed E-state index contributed by atoms with van der Waals surface area (Å²) in [6, 6.07) is 19.7. The Bertz CT molecular complexity index is 1420. The zero-order valence-electron chi connectivity index (χ0n) is 19.8. The van der Waals surface area contributed by atoms with Gasteiger partial charge >= 0.3 is 31.1 Å². The van der Waals surface area contributed by atoms with E-state index in [-0.39, 0.29) is 48.8 Å². The number of anilines is 1. The minimum absolute atomic E-state index is 0. The molecule has 0 saturated heterocycles. The average molecular weight is 701 g/mol. The first-order chi connectivity index (χ1) is 16.8. The van der Waals surface area contributed by atoms with Crippen LogP contribution in [0.1, 0.15) is 53.2 Å². The van der Waals surface area contributed by atoms with E-state index in [0.717, 1.165) is 16.7 Å². The Morgan fingerprint density at radius 1 is 1.28 bits per heavy atom. The fraction of sp³-hybridized carbons (Fsp3) is 0.214. The van der Waals surface area contributed by atoms with E-state index < -0.39 is 5.41 Å². The second-order valence-corrected chi connectivity index (χ2v) is 9.07. The van der Waals surface area contributed by atoms with Gasteiger partial charge in [0.05, 0.1) is 11.5 Å². The van der Waals surface area contributed by atoms with Crippen LogP contribution >= 0.6 is 0 Å². The maximum absolute atomic E-state index is 12.7. The number of benzene rings is 2. The molecule has 5 rings (SSSR count). The van der Waals surface area contributed by atoms with Crippen molar-refractivity contribution in [2.24, 2.45) is 4.99 Å². The van der Waals surface area contributed by atoms with Crippen LogP contribution in [0.5, 0.6) is 11.5 Å². The third-order valence-electron chi connectivity index (χ3n) is 6.12. The molecule has 1 atom stereocenters. The molecule has 0 radical (unpaired) electrons. The van der Waals surface area contributed by atoms with Crippen molar-refractivity contribution >= 4 is 23.3 Å². The number of amides is 2. The first-order valence-electron chi connectivity index (χ1n) is 11.3. The minimum Gasteiger partial charge on any atom is -0.482 e. The SMILES string of the molecule is CC(C)(C#N)c1cccc(C(=O)N=C2[CH-][C@H]2c2[c-]ccc(Oc3ccnc4c3CCC(=O)N4)c2)c1.[U+2]. The fourth-order valence-corrected chi connectivity index (χ4v) is 3.95. The number of hydrogen-bond acceptors (Lipinski definition) is 5. The molecule has 1 aliphatic carbocycles. The number of hydrogen-bond donors (Lipinski definition) is 1. The topological polar surface area (TPSA) is 104 Å². The van der Waals surface area contributed by atoms with Gasteiger partial charge < -0.3 is 16.5 Å². The van der Waals surface area contributed by atoms with Crippen molar-refractivity contribution in [2.75, 3.05) is 5.32 Å². The van der Waals surface area contributed by atoms with Crippen LogP contribution in [0.4, 0.5) is 5.82 Å². The number of nitrogens with zero attached hydrogens (tertiary/aromatic N) is 3. The summed E-state index contributed by atoms with van der Waals surface area (Å²) < 4.78 is 6.11. The van der Waals surface area contributed by atoms with Crippen LogP contribution in [0.3, 0.4) is 0 Å². The van der Waals surface area contributed by atoms with Crippen LogP contribution in [0.15, 0.2) is 59.7 Å². The number of rotatable bonds is 5. The number of nitrogens with one attached hydrogen (secondary N) is 1. The van der Waals surface area contributed by atoms with Crippen LogP contribution in [-0.2, 0) is 16.6 Å². The first kappa shape index (κ1) is 25.7. The summed E-state index contributed by atoms with van der Waals surface area (Å²) in [5.41, 5.74) is 2.94. The van der Waals surface area contributed by atoms with Gasteiger partial charge in [0.2, 0.25) is 5.91 Å². The second kappa shape index (κ2) is 10.3. The molecule has 2 heterocycles. The molecule has 1 saturated carbocycles. The number of fused-ring (bicyclic) bond motifs is 1. The monoisotopic (exact) mass is 700 g/mol. The van der Waals surface area contributed by atoms with Gasteiger partial charge in [-0.25, -0.2) is 4.98 Å². The van der Waals surface area contributed by atoms with Crippen LogP contribution in [0, 0.1) is 54.9 Å². The molecular weight excluding hydrogens is 678 g/mol. The van der Waals surface area contributed by atoms with Gasteiger partial charge in [-0.3, -0.25) is 14.6 Å². The van der Waals surface area contributed by atoms with E-state index in [1.54, 1.807) is 36.5 Å². The summed E-state index contributed by atoms with van der Waals surface area (Å²) in [5, 5.41) is 12.1. The molecule has 1 aromatic heterocycles. The average Bonchev–Trinajstić information content (AvgIpc) is 3.63. The number of carbonyl (C=O) groups excluding carboxylic acids is 2. The van der Waals surface area contributed by atoms with E-state index >= 15 is 0 Å². The van der Waals surface area contributed by atoms with E-state index in [2.05, 4.69) is 27.4 Å². The summed E-state index contributed by atoms with van der Waals surface area (Å²) in [6.07, 6.45) is 4.47. The van der Waals surface area contributed by atoms with Gasteiger partial charge in [-0.15, -0.1) is 23.8 Å². The third kappa shape index (κ3) is 5.38. The van der Waals surface area contributed by atoms with Crippen molar-refractivity contribution in [3.63, 3.8) is 0 Å². The van der Waals surface area contributed by atoms with Crippen LogP contribution in [-0.4, -0.2) is 22.5 Å². The molecule has 2 amide bonds. The van der Waals surface area contributed by atoms with Crippen molar-refractivity contribution in [1.82, 2.24) is 4.98 Å². The van der Waals surface area contributed by atoms with Crippen LogP contribution in [0.2, 0.25) is 0 Å². The van der Waals surface area contributed by atoms with Crippen molar-refractivity contribution < 1.29 is 45.4 Å². The van der Waals surface area contributed by atoms with E-state index in [4.69, 9.17) is 4.74 Å². The zero-order chi connectivity index (χ0) is 24.6. The molecule has 3 aromatic rings. The van der Waals surface area contributed by atoms with Crippen molar-refractivity contribution in [3.05, 3.63) is 89.5 Å². The van der Waals surface area contributed by atoms with E-state index in [1.165, 1.54) is 0 Å². The number of ether oxygens (including phenoxy) is 1. The molecule has 1 N–H and O–H groups in total. The summed E-state index contributed by atoms with van der Waals surface area (Å²) in [4.78, 5) is 32.9. The standard InChI is InChI=1S/C28H22N4O3.U/c1-28(2,16-29)19-7-3-6-18(13-19)27(34)31-23-15-22(23)17-5-4-8-20(14-17)35-24-11-12-30-26-21(24)9-10-25(33)32-26;/h3-4,6-8,11-15,22H,9-10H2,1-2H3,(H,30,32,33);/q-2;+2/t22-;/m0./s1. The maximum atomic E-state index is 12.7. The summed E-state index contributed by atoms with van der Waals surface area (Å²) >= 11 is 0. The molecular formula is C28H22N4O3U. The van der Waals surface area contributed by atoms with E-state index in [0.29, 0.717) is 41.4 Å². The normalized spacial score (nSPS) is 17.1. The van der Waals surface area contributed by atoms with Gasteiger partial charge in [-0.2, -0.15) is 23.0 Å². The minimum atomic E-state index is -0.688. The zero-order valence-corrected chi connectivity index (χ0v) is 24.0. The van der Waals surface area contributed by atoms with E-state index in [9.17, 15) is 14.9 Å². The quantitative estimate of drug-likeness (QED) is 0.380. The predicted molar refractivity (Wildman–Crippen MR) is 130 cm³/mol. The van der Waals surface area contributed by atoms with Gasteiger partial charge in [0.1, 0.15) is 11.6 Å². The number of pyridine rings is 1. The summed E-state index contributed by atoms with van der Waals surface area (Å²) in [7, 11) is 0. The number of carbonyl (C=O) groups is 2. The molecule has 1 fully saturated rings. The molecule has 2 aromatic carbocycles. The second-order valence-electron chi connectivity index (χ2n) is 9.07. The van der Waals surface area contributed by atoms with Crippen LogP contribution in [0.25, 0.3) is 0 Å². The largest absolute Gasteiger partial charge is 2.00 e.